The van der Waals surface area contributed by atoms with Crippen LogP contribution >= 0.6 is 0 Å². The lowest BCUT2D eigenvalue weighted by Crippen LogP contribution is -2.37. The summed E-state index contributed by atoms with van der Waals surface area (Å²) in [4.78, 5) is 11.9. The highest BCUT2D eigenvalue weighted by atomic mass is 16.5. The molecule has 0 aliphatic heterocycles. The molecule has 0 saturated heterocycles. The summed E-state index contributed by atoms with van der Waals surface area (Å²) in [7, 11) is 0. The van der Waals surface area contributed by atoms with E-state index in [9.17, 15) is 9.90 Å². The quantitative estimate of drug-likeness (QED) is 0.820. The Kier molecular flexibility index (Phi) is 5.40. The summed E-state index contributed by atoms with van der Waals surface area (Å²) in [6, 6.07) is 10.9. The van der Waals surface area contributed by atoms with Gasteiger partial charge in [-0.2, -0.15) is 0 Å². The van der Waals surface area contributed by atoms with E-state index in [1.54, 1.807) is 25.1 Å². The van der Waals surface area contributed by atoms with Crippen LogP contribution in [0.15, 0.2) is 53.3 Å². The average molecular weight is 289 g/mol. The summed E-state index contributed by atoms with van der Waals surface area (Å²) in [6.07, 6.45) is 2.19. The number of nitrogens with one attached hydrogen (secondary N) is 1. The lowest BCUT2D eigenvalue weighted by molar-refractivity contribution is -0.127. The minimum absolute atomic E-state index is 0.210. The lowest BCUT2D eigenvalue weighted by Gasteiger charge is -2.15. The molecule has 1 heterocycles. The van der Waals surface area contributed by atoms with Gasteiger partial charge in [0.25, 0.3) is 5.91 Å². The van der Waals surface area contributed by atoms with Gasteiger partial charge in [-0.1, -0.05) is 18.2 Å². The van der Waals surface area contributed by atoms with Gasteiger partial charge in [0.2, 0.25) is 0 Å². The molecule has 0 bridgehead atoms. The van der Waals surface area contributed by atoms with Gasteiger partial charge in [0.05, 0.1) is 18.6 Å². The molecular formula is C16H19NO4. The molecule has 0 saturated carbocycles. The van der Waals surface area contributed by atoms with Crippen molar-refractivity contribution in [2.24, 2.45) is 0 Å². The fraction of sp³-hybridized carbons (Fsp3) is 0.312. The normalized spacial score (nSPS) is 13.4. The monoisotopic (exact) mass is 289 g/mol. The van der Waals surface area contributed by atoms with Crippen molar-refractivity contribution in [1.82, 2.24) is 5.32 Å². The van der Waals surface area contributed by atoms with Crippen LogP contribution < -0.4 is 10.1 Å². The topological polar surface area (TPSA) is 71.7 Å². The molecule has 1 aromatic carbocycles. The Hall–Kier alpha value is -2.27. The molecule has 0 fully saturated rings. The van der Waals surface area contributed by atoms with Crippen LogP contribution in [-0.2, 0) is 4.79 Å². The lowest BCUT2D eigenvalue weighted by atomic mass is 10.1. The van der Waals surface area contributed by atoms with Gasteiger partial charge >= 0.3 is 0 Å². The standard InChI is InChI=1S/C16H19NO4/c1-12(21-14-5-3-2-4-6-14)16(19)17-9-7-15(18)13-8-10-20-11-13/h2-6,8,10-12,15,18H,7,9H2,1H3,(H,17,19). The molecule has 112 valence electrons. The molecule has 21 heavy (non-hydrogen) atoms. The maximum atomic E-state index is 11.9. The fourth-order valence-electron chi connectivity index (χ4n) is 1.86. The van der Waals surface area contributed by atoms with Crippen molar-refractivity contribution < 1.29 is 19.1 Å². The molecule has 0 radical (unpaired) electrons. The predicted octanol–water partition coefficient (Wildman–Crippen LogP) is 2.29. The van der Waals surface area contributed by atoms with Gasteiger partial charge in [-0.25, -0.2) is 0 Å². The number of benzene rings is 1. The Morgan fingerprint density at radius 1 is 1.33 bits per heavy atom. The van der Waals surface area contributed by atoms with E-state index in [1.165, 1.54) is 12.5 Å². The smallest absolute Gasteiger partial charge is 0.260 e. The van der Waals surface area contributed by atoms with Crippen LogP contribution in [0, 0.1) is 0 Å². The van der Waals surface area contributed by atoms with Crippen LogP contribution in [0.1, 0.15) is 25.0 Å². The summed E-state index contributed by atoms with van der Waals surface area (Å²) in [5.41, 5.74) is 0.706. The molecule has 1 aromatic heterocycles. The summed E-state index contributed by atoms with van der Waals surface area (Å²) in [5, 5.41) is 12.6. The third-order valence-electron chi connectivity index (χ3n) is 3.07. The third kappa shape index (κ3) is 4.65. The number of carbonyl (C=O) groups excluding carboxylic acids is 1. The Bertz CT molecular complexity index is 539. The van der Waals surface area contributed by atoms with Crippen LogP contribution in [0.2, 0.25) is 0 Å². The highest BCUT2D eigenvalue weighted by molar-refractivity contribution is 5.80. The van der Waals surface area contributed by atoms with Gasteiger partial charge in [0.15, 0.2) is 6.10 Å². The minimum atomic E-state index is -0.644. The zero-order chi connectivity index (χ0) is 15.1. The van der Waals surface area contributed by atoms with Crippen molar-refractivity contribution in [2.45, 2.75) is 25.6 Å². The van der Waals surface area contributed by atoms with E-state index in [0.29, 0.717) is 24.3 Å². The molecular weight excluding hydrogens is 270 g/mol. The van der Waals surface area contributed by atoms with Crippen LogP contribution in [0.5, 0.6) is 5.75 Å². The second-order valence-electron chi connectivity index (χ2n) is 4.73. The number of ether oxygens (including phenoxy) is 1. The maximum Gasteiger partial charge on any atom is 0.260 e. The number of carbonyl (C=O) groups is 1. The second-order valence-corrected chi connectivity index (χ2v) is 4.73. The Labute approximate surface area is 123 Å². The van der Waals surface area contributed by atoms with E-state index in [0.717, 1.165) is 0 Å². The van der Waals surface area contributed by atoms with E-state index in [4.69, 9.17) is 9.15 Å². The molecule has 1 amide bonds. The highest BCUT2D eigenvalue weighted by Crippen LogP contribution is 2.16. The van der Waals surface area contributed by atoms with Gasteiger partial charge in [-0.05, 0) is 31.5 Å². The number of amides is 1. The number of rotatable bonds is 7. The molecule has 2 atom stereocenters. The molecule has 0 spiro atoms. The predicted molar refractivity (Wildman–Crippen MR) is 77.8 cm³/mol. The first-order valence-electron chi connectivity index (χ1n) is 6.86. The first-order valence-corrected chi connectivity index (χ1v) is 6.86. The number of furan rings is 1. The molecule has 5 heteroatoms. The van der Waals surface area contributed by atoms with Crippen LogP contribution in [-0.4, -0.2) is 23.7 Å². The van der Waals surface area contributed by atoms with Crippen LogP contribution in [0.3, 0.4) is 0 Å². The van der Waals surface area contributed by atoms with Gasteiger partial charge < -0.3 is 19.6 Å². The SMILES string of the molecule is CC(Oc1ccccc1)C(=O)NCCC(O)c1ccoc1. The van der Waals surface area contributed by atoms with Crippen LogP contribution in [0.25, 0.3) is 0 Å². The number of para-hydroxylation sites is 1. The minimum Gasteiger partial charge on any atom is -0.481 e. The largest absolute Gasteiger partial charge is 0.481 e. The van der Waals surface area contributed by atoms with E-state index < -0.39 is 12.2 Å². The molecule has 5 nitrogen and oxygen atoms in total. The molecule has 0 aliphatic carbocycles. The van der Waals surface area contributed by atoms with Gasteiger partial charge in [-0.3, -0.25) is 4.79 Å². The Balaban J connectivity index is 1.71. The maximum absolute atomic E-state index is 11.9. The fourth-order valence-corrected chi connectivity index (χ4v) is 1.86. The first-order chi connectivity index (χ1) is 10.2. The Morgan fingerprint density at radius 3 is 2.76 bits per heavy atom. The first kappa shape index (κ1) is 15.1. The summed E-state index contributed by atoms with van der Waals surface area (Å²) >= 11 is 0. The second kappa shape index (κ2) is 7.50. The van der Waals surface area contributed by atoms with Gasteiger partial charge in [-0.15, -0.1) is 0 Å². The van der Waals surface area contributed by atoms with Crippen LogP contribution in [0.4, 0.5) is 0 Å². The molecule has 0 aliphatic rings. The van der Waals surface area contributed by atoms with E-state index in [2.05, 4.69) is 5.32 Å². The molecule has 2 aromatic rings. The van der Waals surface area contributed by atoms with Gasteiger partial charge in [0, 0.05) is 12.1 Å². The summed E-state index contributed by atoms with van der Waals surface area (Å²) < 4.78 is 10.4. The number of hydrogen-bond donors (Lipinski definition) is 2. The van der Waals surface area contributed by atoms with E-state index in [1.807, 2.05) is 18.2 Å². The Morgan fingerprint density at radius 2 is 2.10 bits per heavy atom. The van der Waals surface area contributed by atoms with Crippen molar-refractivity contribution in [3.63, 3.8) is 0 Å². The number of hydrogen-bond acceptors (Lipinski definition) is 4. The van der Waals surface area contributed by atoms with Crippen molar-refractivity contribution in [3.05, 3.63) is 54.5 Å². The highest BCUT2D eigenvalue weighted by Gasteiger charge is 2.15. The molecule has 2 N–H and O–H groups in total. The molecule has 2 rings (SSSR count). The van der Waals surface area contributed by atoms with E-state index >= 15 is 0 Å². The number of aliphatic hydroxyl groups excluding tert-OH is 1. The zero-order valence-electron chi connectivity index (χ0n) is 11.9. The summed E-state index contributed by atoms with van der Waals surface area (Å²) in [5.74, 6) is 0.442. The molecule has 2 unspecified atom stereocenters. The van der Waals surface area contributed by atoms with Crippen molar-refractivity contribution in [2.75, 3.05) is 6.54 Å². The van der Waals surface area contributed by atoms with E-state index in [-0.39, 0.29) is 5.91 Å². The van der Waals surface area contributed by atoms with Gasteiger partial charge in [0.1, 0.15) is 5.75 Å². The van der Waals surface area contributed by atoms with Crippen molar-refractivity contribution >= 4 is 5.91 Å². The third-order valence-corrected chi connectivity index (χ3v) is 3.07. The number of aliphatic hydroxyl groups is 1. The van der Waals surface area contributed by atoms with Crippen molar-refractivity contribution in [1.29, 1.82) is 0 Å². The van der Waals surface area contributed by atoms with Crippen molar-refractivity contribution in [3.8, 4) is 5.75 Å². The zero-order valence-corrected chi connectivity index (χ0v) is 11.9. The summed E-state index contributed by atoms with van der Waals surface area (Å²) in [6.45, 7) is 2.06. The average Bonchev–Trinajstić information content (AvgIpc) is 3.02.